The molecule has 0 saturated carbocycles. The molecule has 0 aromatic heterocycles. The Morgan fingerprint density at radius 2 is 2.04 bits per heavy atom. The average molecular weight is 434 g/mol. The van der Waals surface area contributed by atoms with Crippen LogP contribution in [0, 0.1) is 5.92 Å². The topological polar surface area (TPSA) is 58.1 Å². The van der Waals surface area contributed by atoms with Crippen LogP contribution < -0.4 is 20.1 Å². The van der Waals surface area contributed by atoms with E-state index in [0.717, 1.165) is 24.7 Å². The number of rotatable bonds is 5. The number of hydrogen-bond donors (Lipinski definition) is 2. The highest BCUT2D eigenvalue weighted by Crippen LogP contribution is 2.29. The molecular formula is C16H27IN4O2. The van der Waals surface area contributed by atoms with Crippen LogP contribution in [0.2, 0.25) is 0 Å². The third kappa shape index (κ3) is 5.72. The summed E-state index contributed by atoms with van der Waals surface area (Å²) in [6.07, 6.45) is 1.23. The van der Waals surface area contributed by atoms with E-state index in [-0.39, 0.29) is 24.0 Å². The Bertz CT molecular complexity index is 525. The third-order valence-corrected chi connectivity index (χ3v) is 3.92. The van der Waals surface area contributed by atoms with Crippen molar-refractivity contribution in [2.45, 2.75) is 6.42 Å². The SMILES string of the molecule is CN=C(NCC1CCN(C)C1)Nc1ccc(OC)c(OC)c1.I. The van der Waals surface area contributed by atoms with E-state index in [0.29, 0.717) is 17.4 Å². The second kappa shape index (κ2) is 9.82. The molecule has 1 saturated heterocycles. The van der Waals surface area contributed by atoms with Crippen molar-refractivity contribution < 1.29 is 9.47 Å². The lowest BCUT2D eigenvalue weighted by atomic mass is 10.1. The number of nitrogens with one attached hydrogen (secondary N) is 2. The Hall–Kier alpha value is -1.22. The number of aliphatic imine (C=N–C) groups is 1. The molecule has 1 fully saturated rings. The average Bonchev–Trinajstić information content (AvgIpc) is 2.96. The molecule has 6 nitrogen and oxygen atoms in total. The van der Waals surface area contributed by atoms with Gasteiger partial charge >= 0.3 is 0 Å². The Kier molecular flexibility index (Phi) is 8.46. The first-order valence-corrected chi connectivity index (χ1v) is 7.54. The van der Waals surface area contributed by atoms with Crippen molar-refractivity contribution in [3.63, 3.8) is 0 Å². The predicted molar refractivity (Wildman–Crippen MR) is 106 cm³/mol. The van der Waals surface area contributed by atoms with Gasteiger partial charge in [0.1, 0.15) is 0 Å². The molecule has 1 aliphatic rings. The molecular weight excluding hydrogens is 407 g/mol. The van der Waals surface area contributed by atoms with Gasteiger partial charge < -0.3 is 25.0 Å². The van der Waals surface area contributed by atoms with E-state index in [1.54, 1.807) is 21.3 Å². The molecule has 2 rings (SSSR count). The molecule has 0 radical (unpaired) electrons. The number of ether oxygens (including phenoxy) is 2. The second-order valence-corrected chi connectivity index (χ2v) is 5.56. The monoisotopic (exact) mass is 434 g/mol. The molecule has 1 aromatic carbocycles. The Morgan fingerprint density at radius 3 is 2.61 bits per heavy atom. The normalized spacial score (nSPS) is 18.3. The molecule has 1 heterocycles. The van der Waals surface area contributed by atoms with Crippen LogP contribution in [0.5, 0.6) is 11.5 Å². The number of benzene rings is 1. The number of likely N-dealkylation sites (tertiary alicyclic amines) is 1. The minimum absolute atomic E-state index is 0. The van der Waals surface area contributed by atoms with E-state index >= 15 is 0 Å². The molecule has 130 valence electrons. The van der Waals surface area contributed by atoms with Crippen LogP contribution in [0.1, 0.15) is 6.42 Å². The summed E-state index contributed by atoms with van der Waals surface area (Å²) in [5.41, 5.74) is 0.911. The lowest BCUT2D eigenvalue weighted by Crippen LogP contribution is -2.35. The van der Waals surface area contributed by atoms with Crippen LogP contribution in [-0.4, -0.2) is 58.8 Å². The van der Waals surface area contributed by atoms with Crippen molar-refractivity contribution in [3.05, 3.63) is 18.2 Å². The fourth-order valence-corrected chi connectivity index (χ4v) is 2.66. The van der Waals surface area contributed by atoms with Crippen molar-refractivity contribution in [1.82, 2.24) is 10.2 Å². The van der Waals surface area contributed by atoms with Gasteiger partial charge in [-0.2, -0.15) is 0 Å². The quantitative estimate of drug-likeness (QED) is 0.423. The maximum Gasteiger partial charge on any atom is 0.195 e. The van der Waals surface area contributed by atoms with Crippen LogP contribution in [0.25, 0.3) is 0 Å². The van der Waals surface area contributed by atoms with E-state index < -0.39 is 0 Å². The van der Waals surface area contributed by atoms with E-state index in [2.05, 4.69) is 27.6 Å². The van der Waals surface area contributed by atoms with Gasteiger partial charge in [0, 0.05) is 31.9 Å². The summed E-state index contributed by atoms with van der Waals surface area (Å²) < 4.78 is 10.6. The molecule has 1 atom stereocenters. The summed E-state index contributed by atoms with van der Waals surface area (Å²) in [6.45, 7) is 3.24. The fraction of sp³-hybridized carbons (Fsp3) is 0.562. The first kappa shape index (κ1) is 19.8. The fourth-order valence-electron chi connectivity index (χ4n) is 2.66. The molecule has 1 aliphatic heterocycles. The molecule has 2 N–H and O–H groups in total. The zero-order valence-electron chi connectivity index (χ0n) is 14.3. The number of nitrogens with zero attached hydrogens (tertiary/aromatic N) is 2. The van der Waals surface area contributed by atoms with Crippen LogP contribution in [0.3, 0.4) is 0 Å². The smallest absolute Gasteiger partial charge is 0.195 e. The molecule has 0 aliphatic carbocycles. The van der Waals surface area contributed by atoms with Gasteiger partial charge in [0.25, 0.3) is 0 Å². The molecule has 0 bridgehead atoms. The van der Waals surface area contributed by atoms with E-state index in [1.807, 2.05) is 18.2 Å². The highest BCUT2D eigenvalue weighted by atomic mass is 127. The minimum atomic E-state index is 0. The van der Waals surface area contributed by atoms with Gasteiger partial charge in [-0.15, -0.1) is 24.0 Å². The van der Waals surface area contributed by atoms with Crippen molar-refractivity contribution in [3.8, 4) is 11.5 Å². The summed E-state index contributed by atoms with van der Waals surface area (Å²) in [7, 11) is 7.20. The molecule has 1 aromatic rings. The molecule has 0 spiro atoms. The number of anilines is 1. The van der Waals surface area contributed by atoms with Crippen LogP contribution in [0.15, 0.2) is 23.2 Å². The second-order valence-electron chi connectivity index (χ2n) is 5.56. The van der Waals surface area contributed by atoms with Gasteiger partial charge in [-0.3, -0.25) is 4.99 Å². The summed E-state index contributed by atoms with van der Waals surface area (Å²) in [6, 6.07) is 5.72. The van der Waals surface area contributed by atoms with Crippen LogP contribution in [0.4, 0.5) is 5.69 Å². The summed E-state index contributed by atoms with van der Waals surface area (Å²) in [4.78, 5) is 6.63. The maximum absolute atomic E-state index is 5.31. The van der Waals surface area contributed by atoms with Gasteiger partial charge in [0.15, 0.2) is 17.5 Å². The highest BCUT2D eigenvalue weighted by Gasteiger charge is 2.19. The first-order valence-electron chi connectivity index (χ1n) is 7.54. The molecule has 23 heavy (non-hydrogen) atoms. The van der Waals surface area contributed by atoms with E-state index in [1.165, 1.54) is 13.0 Å². The Balaban J connectivity index is 0.00000264. The summed E-state index contributed by atoms with van der Waals surface area (Å²) in [5.74, 6) is 2.85. The number of guanidine groups is 1. The van der Waals surface area contributed by atoms with E-state index in [9.17, 15) is 0 Å². The standard InChI is InChI=1S/C16H26N4O2.HI/c1-17-16(18-10-12-7-8-20(2)11-12)19-13-5-6-14(21-3)15(9-13)22-4;/h5-6,9,12H,7-8,10-11H2,1-4H3,(H2,17,18,19);1H. The highest BCUT2D eigenvalue weighted by molar-refractivity contribution is 14.0. The van der Waals surface area contributed by atoms with Gasteiger partial charge in [0.05, 0.1) is 14.2 Å². The first-order chi connectivity index (χ1) is 10.7. The van der Waals surface area contributed by atoms with Crippen LogP contribution in [-0.2, 0) is 0 Å². The van der Waals surface area contributed by atoms with Gasteiger partial charge in [-0.05, 0) is 38.1 Å². The van der Waals surface area contributed by atoms with Crippen molar-refractivity contribution in [2.24, 2.45) is 10.9 Å². The Morgan fingerprint density at radius 1 is 1.30 bits per heavy atom. The largest absolute Gasteiger partial charge is 0.493 e. The number of methoxy groups -OCH3 is 2. The zero-order chi connectivity index (χ0) is 15.9. The number of halogens is 1. The maximum atomic E-state index is 5.31. The van der Waals surface area contributed by atoms with Crippen molar-refractivity contribution in [2.75, 3.05) is 53.3 Å². The van der Waals surface area contributed by atoms with Crippen molar-refractivity contribution in [1.29, 1.82) is 0 Å². The predicted octanol–water partition coefficient (Wildman–Crippen LogP) is 2.26. The van der Waals surface area contributed by atoms with Crippen LogP contribution >= 0.6 is 24.0 Å². The summed E-state index contributed by atoms with van der Waals surface area (Å²) >= 11 is 0. The number of hydrogen-bond acceptors (Lipinski definition) is 4. The van der Waals surface area contributed by atoms with Crippen molar-refractivity contribution >= 4 is 35.6 Å². The van der Waals surface area contributed by atoms with Gasteiger partial charge in [-0.25, -0.2) is 0 Å². The Labute approximate surface area is 155 Å². The van der Waals surface area contributed by atoms with E-state index in [4.69, 9.17) is 9.47 Å². The minimum Gasteiger partial charge on any atom is -0.493 e. The van der Waals surface area contributed by atoms with Gasteiger partial charge in [-0.1, -0.05) is 0 Å². The molecule has 0 amide bonds. The lowest BCUT2D eigenvalue weighted by Gasteiger charge is -2.16. The zero-order valence-corrected chi connectivity index (χ0v) is 16.6. The summed E-state index contributed by atoms with van der Waals surface area (Å²) in [5, 5.41) is 6.67. The molecule has 7 heteroatoms. The van der Waals surface area contributed by atoms with Gasteiger partial charge in [0.2, 0.25) is 0 Å². The lowest BCUT2D eigenvalue weighted by molar-refractivity contribution is 0.355. The third-order valence-electron chi connectivity index (χ3n) is 3.92. The molecule has 1 unspecified atom stereocenters.